The molecule has 1 aliphatic heterocycles. The van der Waals surface area contributed by atoms with Crippen molar-refractivity contribution in [2.24, 2.45) is 0 Å². The van der Waals surface area contributed by atoms with Crippen LogP contribution in [-0.2, 0) is 6.54 Å². The lowest BCUT2D eigenvalue weighted by molar-refractivity contribution is 0.183. The number of hydrogen-bond donors (Lipinski definition) is 2. The van der Waals surface area contributed by atoms with Crippen LogP contribution in [0, 0.1) is 6.92 Å². The van der Waals surface area contributed by atoms with Gasteiger partial charge in [-0.3, -0.25) is 15.2 Å². The lowest BCUT2D eigenvalue weighted by Gasteiger charge is -2.33. The predicted octanol–water partition coefficient (Wildman–Crippen LogP) is 3.96. The summed E-state index contributed by atoms with van der Waals surface area (Å²) >= 11 is 6.21. The van der Waals surface area contributed by atoms with Crippen LogP contribution in [0.25, 0.3) is 16.6 Å². The average molecular weight is 477 g/mol. The number of carbonyl (C=O) groups excluding carboxylic acids is 1. The molecule has 0 aromatic carbocycles. The van der Waals surface area contributed by atoms with Gasteiger partial charge in [0.2, 0.25) is 0 Å². The van der Waals surface area contributed by atoms with E-state index in [4.69, 9.17) is 11.6 Å². The number of piperidine rings is 1. The molecule has 10 heteroatoms. The van der Waals surface area contributed by atoms with Crippen molar-refractivity contribution in [3.63, 3.8) is 0 Å². The van der Waals surface area contributed by atoms with Crippen molar-refractivity contribution < 1.29 is 4.79 Å². The summed E-state index contributed by atoms with van der Waals surface area (Å²) in [5.74, 6) is 0.477. The fourth-order valence-electron chi connectivity index (χ4n) is 4.30. The van der Waals surface area contributed by atoms with Crippen LogP contribution < -0.4 is 10.6 Å². The zero-order valence-corrected chi connectivity index (χ0v) is 19.5. The van der Waals surface area contributed by atoms with Gasteiger partial charge in [-0.1, -0.05) is 17.7 Å². The molecule has 4 aromatic rings. The molecule has 2 N–H and O–H groups in total. The Bertz CT molecular complexity index is 1320. The number of anilines is 1. The van der Waals surface area contributed by atoms with Crippen molar-refractivity contribution in [1.29, 1.82) is 0 Å². The van der Waals surface area contributed by atoms with Crippen LogP contribution in [0.1, 0.15) is 24.1 Å². The third-order valence-corrected chi connectivity index (χ3v) is 6.23. The highest BCUT2D eigenvalue weighted by molar-refractivity contribution is 6.30. The smallest absolute Gasteiger partial charge is 0.320 e. The fraction of sp³-hybridized carbons (Fsp3) is 0.292. The minimum atomic E-state index is -0.268. The number of hydrogen-bond acceptors (Lipinski definition) is 6. The lowest BCUT2D eigenvalue weighted by Crippen LogP contribution is -2.48. The molecule has 34 heavy (non-hydrogen) atoms. The summed E-state index contributed by atoms with van der Waals surface area (Å²) in [7, 11) is 0. The molecule has 1 atom stereocenters. The Morgan fingerprint density at radius 1 is 1.18 bits per heavy atom. The molecule has 4 aromatic heterocycles. The normalized spacial score (nSPS) is 16.5. The van der Waals surface area contributed by atoms with Gasteiger partial charge in [-0.25, -0.2) is 19.4 Å². The fourth-order valence-corrected chi connectivity index (χ4v) is 4.47. The number of aryl methyl sites for hydroxylation is 1. The molecule has 1 aliphatic rings. The van der Waals surface area contributed by atoms with Gasteiger partial charge in [0, 0.05) is 48.2 Å². The molecule has 0 radical (unpaired) electrons. The summed E-state index contributed by atoms with van der Waals surface area (Å²) in [6, 6.07) is 9.33. The molecule has 1 fully saturated rings. The molecule has 5 heterocycles. The molecule has 1 unspecified atom stereocenters. The molecule has 5 rings (SSSR count). The quantitative estimate of drug-likeness (QED) is 0.423. The third kappa shape index (κ3) is 5.00. The van der Waals surface area contributed by atoms with E-state index in [9.17, 15) is 4.79 Å². The number of rotatable bonds is 5. The van der Waals surface area contributed by atoms with Gasteiger partial charge in [0.05, 0.1) is 23.6 Å². The van der Waals surface area contributed by atoms with E-state index in [1.54, 1.807) is 24.8 Å². The number of likely N-dealkylation sites (tertiary alicyclic amines) is 1. The van der Waals surface area contributed by atoms with Crippen molar-refractivity contribution >= 4 is 34.4 Å². The molecule has 0 spiro atoms. The Kier molecular flexibility index (Phi) is 6.37. The Hall–Kier alpha value is -3.56. The first-order valence-corrected chi connectivity index (χ1v) is 11.6. The van der Waals surface area contributed by atoms with Crippen LogP contribution in [0.2, 0.25) is 5.15 Å². The van der Waals surface area contributed by atoms with Gasteiger partial charge in [-0.15, -0.1) is 0 Å². The topological polar surface area (TPSA) is 101 Å². The second-order valence-electron chi connectivity index (χ2n) is 8.47. The molecule has 1 saturated heterocycles. The van der Waals surface area contributed by atoms with Crippen molar-refractivity contribution in [2.75, 3.05) is 18.4 Å². The average Bonchev–Trinajstić information content (AvgIpc) is 3.24. The number of pyridine rings is 3. The first-order chi connectivity index (χ1) is 16.5. The molecular weight excluding hydrogens is 452 g/mol. The minimum Gasteiger partial charge on any atom is -0.334 e. The molecule has 9 nitrogen and oxygen atoms in total. The Morgan fingerprint density at radius 3 is 2.94 bits per heavy atom. The van der Waals surface area contributed by atoms with E-state index >= 15 is 0 Å². The zero-order chi connectivity index (χ0) is 23.5. The largest absolute Gasteiger partial charge is 0.334 e. The number of aromatic nitrogens is 5. The maximum Gasteiger partial charge on any atom is 0.320 e. The van der Waals surface area contributed by atoms with E-state index in [0.29, 0.717) is 17.5 Å². The number of urea groups is 1. The molecule has 0 bridgehead atoms. The van der Waals surface area contributed by atoms with E-state index in [-0.39, 0.29) is 12.1 Å². The third-order valence-electron chi connectivity index (χ3n) is 5.89. The van der Waals surface area contributed by atoms with Crippen LogP contribution in [0.5, 0.6) is 0 Å². The first kappa shape index (κ1) is 22.2. The van der Waals surface area contributed by atoms with Crippen LogP contribution >= 0.6 is 11.6 Å². The van der Waals surface area contributed by atoms with Crippen molar-refractivity contribution in [1.82, 2.24) is 34.9 Å². The first-order valence-electron chi connectivity index (χ1n) is 11.2. The minimum absolute atomic E-state index is 0.0469. The second-order valence-corrected chi connectivity index (χ2v) is 8.82. The van der Waals surface area contributed by atoms with Gasteiger partial charge in [0.1, 0.15) is 11.0 Å². The summed E-state index contributed by atoms with van der Waals surface area (Å²) in [5, 5.41) is 11.8. The Balaban J connectivity index is 1.21. The highest BCUT2D eigenvalue weighted by Crippen LogP contribution is 2.21. The number of halogens is 1. The number of amides is 2. The SMILES string of the molecule is Cc1cc(-n2ncc3cc(NC(=O)NC4CCCN(Cc5cccnc5Cl)C4)ncc32)ccn1. The van der Waals surface area contributed by atoms with Crippen molar-refractivity contribution in [3.8, 4) is 5.69 Å². The lowest BCUT2D eigenvalue weighted by atomic mass is 10.1. The Labute approximate surface area is 202 Å². The molecular formula is C24H25ClN8O. The summed E-state index contributed by atoms with van der Waals surface area (Å²) in [5.41, 5.74) is 3.67. The number of carbonyl (C=O) groups is 1. The van der Waals surface area contributed by atoms with Crippen LogP contribution in [0.4, 0.5) is 10.6 Å². The van der Waals surface area contributed by atoms with Gasteiger partial charge in [-0.05, 0) is 50.6 Å². The summed E-state index contributed by atoms with van der Waals surface area (Å²) in [4.78, 5) is 27.7. The van der Waals surface area contributed by atoms with Gasteiger partial charge >= 0.3 is 6.03 Å². The number of fused-ring (bicyclic) bond motifs is 1. The van der Waals surface area contributed by atoms with Gasteiger partial charge in [0.15, 0.2) is 0 Å². The van der Waals surface area contributed by atoms with Gasteiger partial charge in [-0.2, -0.15) is 5.10 Å². The predicted molar refractivity (Wildman–Crippen MR) is 131 cm³/mol. The molecule has 174 valence electrons. The Morgan fingerprint density at radius 2 is 2.09 bits per heavy atom. The summed E-state index contributed by atoms with van der Waals surface area (Å²) in [6.45, 7) is 4.37. The molecule has 0 saturated carbocycles. The monoisotopic (exact) mass is 476 g/mol. The van der Waals surface area contributed by atoms with Crippen LogP contribution in [0.3, 0.4) is 0 Å². The number of nitrogens with zero attached hydrogens (tertiary/aromatic N) is 6. The number of nitrogens with one attached hydrogen (secondary N) is 2. The summed E-state index contributed by atoms with van der Waals surface area (Å²) < 4.78 is 1.81. The van der Waals surface area contributed by atoms with Gasteiger partial charge in [0.25, 0.3) is 0 Å². The molecule has 0 aliphatic carbocycles. The maximum absolute atomic E-state index is 12.7. The van der Waals surface area contributed by atoms with E-state index in [2.05, 4.69) is 35.6 Å². The zero-order valence-electron chi connectivity index (χ0n) is 18.8. The van der Waals surface area contributed by atoms with Crippen molar-refractivity contribution in [2.45, 2.75) is 32.4 Å². The van der Waals surface area contributed by atoms with Crippen molar-refractivity contribution in [3.05, 3.63) is 71.5 Å². The van der Waals surface area contributed by atoms with Crippen LogP contribution in [-0.4, -0.2) is 54.8 Å². The van der Waals surface area contributed by atoms with E-state index in [0.717, 1.165) is 53.8 Å². The van der Waals surface area contributed by atoms with E-state index < -0.39 is 0 Å². The highest BCUT2D eigenvalue weighted by atomic mass is 35.5. The van der Waals surface area contributed by atoms with E-state index in [1.165, 1.54) is 0 Å². The highest BCUT2D eigenvalue weighted by Gasteiger charge is 2.22. The molecule has 2 amide bonds. The van der Waals surface area contributed by atoms with Gasteiger partial charge < -0.3 is 5.32 Å². The van der Waals surface area contributed by atoms with Crippen LogP contribution in [0.15, 0.2) is 55.1 Å². The summed E-state index contributed by atoms with van der Waals surface area (Å²) in [6.07, 6.45) is 8.85. The standard InChI is InChI=1S/C24H25ClN8O/c1-16-10-20(6-8-26-16)33-21-13-28-22(11-18(21)12-29-33)31-24(34)30-19-5-3-9-32(15-19)14-17-4-2-7-27-23(17)25/h2,4,6-8,10-13,19H,3,5,9,14-15H2,1H3,(H2,28,30,31,34). The second kappa shape index (κ2) is 9.74. The van der Waals surface area contributed by atoms with E-state index in [1.807, 2.05) is 41.9 Å². The maximum atomic E-state index is 12.7.